The normalized spacial score (nSPS) is 17.7. The molecule has 0 bridgehead atoms. The molecule has 1 amide bonds. The molecule has 2 saturated heterocycles. The molecule has 5 rings (SSSR count). The summed E-state index contributed by atoms with van der Waals surface area (Å²) >= 11 is 1.00. The van der Waals surface area contributed by atoms with Crippen LogP contribution in [0.25, 0.3) is 10.2 Å². The number of sulfonamides is 1. The number of ether oxygens (including phenoxy) is 1. The summed E-state index contributed by atoms with van der Waals surface area (Å²) in [6.45, 7) is 4.28. The van der Waals surface area contributed by atoms with Crippen LogP contribution in [-0.2, 0) is 26.1 Å². The third-order valence-corrected chi connectivity index (χ3v) is 9.24. The average molecular weight is 518 g/mol. The summed E-state index contributed by atoms with van der Waals surface area (Å²) in [4.78, 5) is 33.2. The van der Waals surface area contributed by atoms with Crippen molar-refractivity contribution < 1.29 is 17.9 Å². The lowest BCUT2D eigenvalue weighted by atomic mass is 10.3. The maximum atomic E-state index is 13.3. The van der Waals surface area contributed by atoms with Gasteiger partial charge in [-0.25, -0.2) is 13.4 Å². The third kappa shape index (κ3) is 4.96. The highest BCUT2D eigenvalue weighted by atomic mass is 32.2. The number of aryl methyl sites for hydroxylation is 1. The number of piperazine rings is 1. The summed E-state index contributed by atoms with van der Waals surface area (Å²) in [7, 11) is -3.69. The summed E-state index contributed by atoms with van der Waals surface area (Å²) in [6.07, 6.45) is 1.94. The maximum Gasteiger partial charge on any atom is 0.308 e. The Balaban J connectivity index is 1.29. The minimum Gasteiger partial charge on any atom is -0.378 e. The van der Waals surface area contributed by atoms with Crippen molar-refractivity contribution in [2.24, 2.45) is 0 Å². The molecule has 4 heterocycles. The number of benzene rings is 1. The highest BCUT2D eigenvalue weighted by Gasteiger charge is 2.29. The van der Waals surface area contributed by atoms with Crippen molar-refractivity contribution in [1.29, 1.82) is 0 Å². The fraction of sp³-hybridized carbons (Fsp3) is 0.435. The van der Waals surface area contributed by atoms with Crippen LogP contribution in [0, 0.1) is 0 Å². The standard InChI is InChI=1S/C23H27N5O5S2/c29-22(26-13-15-33-16-14-26)6-8-28-19-5-4-18(17-20(19)34-23(28)30)35(31,32)27-11-9-25(10-12-27)21-3-1-2-7-24-21/h1-5,7,17H,6,8-16H2. The molecule has 0 atom stereocenters. The van der Waals surface area contributed by atoms with Crippen LogP contribution in [0.1, 0.15) is 6.42 Å². The van der Waals surface area contributed by atoms with Crippen molar-refractivity contribution in [3.63, 3.8) is 0 Å². The Morgan fingerprint density at radius 2 is 1.80 bits per heavy atom. The van der Waals surface area contributed by atoms with E-state index in [0.717, 1.165) is 17.2 Å². The van der Waals surface area contributed by atoms with Crippen LogP contribution in [0.2, 0.25) is 0 Å². The van der Waals surface area contributed by atoms with Gasteiger partial charge >= 0.3 is 4.87 Å². The third-order valence-electron chi connectivity index (χ3n) is 6.40. The molecular weight excluding hydrogens is 490 g/mol. The fourth-order valence-corrected chi connectivity index (χ4v) is 6.92. The molecule has 1 aromatic carbocycles. The monoisotopic (exact) mass is 517 g/mol. The van der Waals surface area contributed by atoms with E-state index in [4.69, 9.17) is 4.74 Å². The van der Waals surface area contributed by atoms with Crippen LogP contribution in [0.5, 0.6) is 0 Å². The first-order valence-corrected chi connectivity index (χ1v) is 13.8. The van der Waals surface area contributed by atoms with Crippen LogP contribution in [-0.4, -0.2) is 85.6 Å². The van der Waals surface area contributed by atoms with Crippen molar-refractivity contribution in [1.82, 2.24) is 18.8 Å². The molecule has 35 heavy (non-hydrogen) atoms. The summed E-state index contributed by atoms with van der Waals surface area (Å²) in [5.41, 5.74) is 0.647. The first-order chi connectivity index (χ1) is 16.9. The summed E-state index contributed by atoms with van der Waals surface area (Å²) in [5, 5.41) is 0. The van der Waals surface area contributed by atoms with E-state index in [1.807, 2.05) is 18.2 Å². The van der Waals surface area contributed by atoms with E-state index in [1.165, 1.54) is 4.31 Å². The second-order valence-electron chi connectivity index (χ2n) is 8.47. The van der Waals surface area contributed by atoms with Gasteiger partial charge in [-0.2, -0.15) is 4.31 Å². The molecule has 3 aromatic rings. The van der Waals surface area contributed by atoms with Crippen molar-refractivity contribution >= 4 is 43.3 Å². The molecule has 0 radical (unpaired) electrons. The number of morpholine rings is 1. The summed E-state index contributed by atoms with van der Waals surface area (Å²) in [5.74, 6) is 0.827. The molecule has 2 fully saturated rings. The number of hydrogen-bond acceptors (Lipinski definition) is 8. The molecule has 2 aliphatic rings. The van der Waals surface area contributed by atoms with Gasteiger partial charge in [0, 0.05) is 58.4 Å². The molecule has 10 nitrogen and oxygen atoms in total. The molecule has 2 aromatic heterocycles. The first-order valence-electron chi connectivity index (χ1n) is 11.6. The van der Waals surface area contributed by atoms with Gasteiger partial charge in [0.05, 0.1) is 28.3 Å². The smallest absolute Gasteiger partial charge is 0.308 e. The molecule has 186 valence electrons. The number of fused-ring (bicyclic) bond motifs is 1. The Labute approximate surface area is 207 Å². The number of carbonyl (C=O) groups is 1. The zero-order valence-corrected chi connectivity index (χ0v) is 20.8. The van der Waals surface area contributed by atoms with Crippen LogP contribution >= 0.6 is 11.3 Å². The van der Waals surface area contributed by atoms with Gasteiger partial charge in [-0.15, -0.1) is 0 Å². The number of pyridine rings is 1. The van der Waals surface area contributed by atoms with E-state index in [0.29, 0.717) is 62.7 Å². The van der Waals surface area contributed by atoms with E-state index in [-0.39, 0.29) is 28.6 Å². The lowest BCUT2D eigenvalue weighted by Gasteiger charge is -2.34. The highest BCUT2D eigenvalue weighted by Crippen LogP contribution is 2.25. The maximum absolute atomic E-state index is 13.3. The molecule has 0 N–H and O–H groups in total. The fourth-order valence-electron chi connectivity index (χ4n) is 4.44. The second kappa shape index (κ2) is 10.1. The van der Waals surface area contributed by atoms with E-state index in [9.17, 15) is 18.0 Å². The van der Waals surface area contributed by atoms with E-state index in [1.54, 1.807) is 33.9 Å². The number of carbonyl (C=O) groups excluding carboxylic acids is 1. The van der Waals surface area contributed by atoms with Gasteiger partial charge in [-0.3, -0.25) is 14.2 Å². The van der Waals surface area contributed by atoms with Crippen molar-refractivity contribution in [3.05, 3.63) is 52.3 Å². The predicted octanol–water partition coefficient (Wildman–Crippen LogP) is 1.22. The van der Waals surface area contributed by atoms with Gasteiger partial charge in [0.1, 0.15) is 5.82 Å². The highest BCUT2D eigenvalue weighted by molar-refractivity contribution is 7.89. The lowest BCUT2D eigenvalue weighted by molar-refractivity contribution is -0.135. The Morgan fingerprint density at radius 1 is 1.03 bits per heavy atom. The molecule has 0 unspecified atom stereocenters. The summed E-state index contributed by atoms with van der Waals surface area (Å²) in [6, 6.07) is 10.5. The molecule has 0 spiro atoms. The number of aromatic nitrogens is 2. The van der Waals surface area contributed by atoms with Gasteiger partial charge in [-0.05, 0) is 30.3 Å². The second-order valence-corrected chi connectivity index (χ2v) is 11.4. The zero-order valence-electron chi connectivity index (χ0n) is 19.2. The molecule has 0 aliphatic carbocycles. The lowest BCUT2D eigenvalue weighted by Crippen LogP contribution is -2.48. The topological polar surface area (TPSA) is 105 Å². The van der Waals surface area contributed by atoms with Gasteiger partial charge in [0.15, 0.2) is 0 Å². The van der Waals surface area contributed by atoms with Crippen LogP contribution in [0.3, 0.4) is 0 Å². The Bertz CT molecular complexity index is 1360. The number of thiazole rings is 1. The SMILES string of the molecule is O=C(CCn1c(=O)sc2cc(S(=O)(=O)N3CCN(c4ccccn4)CC3)ccc21)N1CCOCC1. The van der Waals surface area contributed by atoms with E-state index < -0.39 is 10.0 Å². The van der Waals surface area contributed by atoms with E-state index >= 15 is 0 Å². The quantitative estimate of drug-likeness (QED) is 0.484. The van der Waals surface area contributed by atoms with Crippen molar-refractivity contribution in [2.75, 3.05) is 57.4 Å². The van der Waals surface area contributed by atoms with Crippen LogP contribution < -0.4 is 9.77 Å². The summed E-state index contributed by atoms with van der Waals surface area (Å²) < 4.78 is 35.5. The predicted molar refractivity (Wildman–Crippen MR) is 133 cm³/mol. The molecule has 0 saturated carbocycles. The molecular formula is C23H27N5O5S2. The minimum absolute atomic E-state index is 0.0106. The Morgan fingerprint density at radius 3 is 2.51 bits per heavy atom. The average Bonchev–Trinajstić information content (AvgIpc) is 3.22. The number of hydrogen-bond donors (Lipinski definition) is 0. The van der Waals surface area contributed by atoms with Gasteiger partial charge < -0.3 is 14.5 Å². The van der Waals surface area contributed by atoms with Crippen molar-refractivity contribution in [3.8, 4) is 0 Å². The van der Waals surface area contributed by atoms with Gasteiger partial charge in [0.25, 0.3) is 0 Å². The van der Waals surface area contributed by atoms with Gasteiger partial charge in [0.2, 0.25) is 15.9 Å². The molecule has 12 heteroatoms. The first kappa shape index (κ1) is 23.9. The van der Waals surface area contributed by atoms with Crippen LogP contribution in [0.15, 0.2) is 52.3 Å². The minimum atomic E-state index is -3.69. The molecule has 2 aliphatic heterocycles. The number of amides is 1. The number of nitrogens with zero attached hydrogens (tertiary/aromatic N) is 5. The zero-order chi connectivity index (χ0) is 24.4. The van der Waals surface area contributed by atoms with E-state index in [2.05, 4.69) is 9.88 Å². The van der Waals surface area contributed by atoms with Crippen molar-refractivity contribution in [2.45, 2.75) is 17.9 Å². The Kier molecular flexibility index (Phi) is 6.87. The Hall–Kier alpha value is -2.80. The number of rotatable bonds is 6. The number of anilines is 1. The largest absolute Gasteiger partial charge is 0.378 e. The van der Waals surface area contributed by atoms with Crippen LogP contribution in [0.4, 0.5) is 5.82 Å². The van der Waals surface area contributed by atoms with Gasteiger partial charge in [-0.1, -0.05) is 17.4 Å².